The molecule has 0 spiro atoms. The highest BCUT2D eigenvalue weighted by Crippen LogP contribution is 2.20. The first-order valence-corrected chi connectivity index (χ1v) is 7.24. The van der Waals surface area contributed by atoms with Gasteiger partial charge in [-0.15, -0.1) is 0 Å². The van der Waals surface area contributed by atoms with E-state index in [-0.39, 0.29) is 17.6 Å². The lowest BCUT2D eigenvalue weighted by Gasteiger charge is -2.14. The second-order valence-electron chi connectivity index (χ2n) is 4.57. The summed E-state index contributed by atoms with van der Waals surface area (Å²) in [5.74, 6) is -1.05. The summed E-state index contributed by atoms with van der Waals surface area (Å²) in [4.78, 5) is 22.9. The van der Waals surface area contributed by atoms with Gasteiger partial charge in [0.2, 0.25) is 0 Å². The minimum Gasteiger partial charge on any atom is -0.478 e. The smallest absolute Gasteiger partial charge is 0.337 e. The highest BCUT2D eigenvalue weighted by Gasteiger charge is 2.18. The van der Waals surface area contributed by atoms with Crippen molar-refractivity contribution >= 4 is 40.3 Å². The molecule has 1 aromatic carbocycles. The molecule has 0 atom stereocenters. The summed E-state index contributed by atoms with van der Waals surface area (Å²) < 4.78 is 0.816. The molecule has 0 aliphatic heterocycles. The molecule has 0 saturated heterocycles. The molecule has 0 radical (unpaired) electrons. The van der Waals surface area contributed by atoms with Crippen LogP contribution in [0.25, 0.3) is 0 Å². The maximum absolute atomic E-state index is 11.8. The standard InChI is InChI=1S/C13H15IN2O3/c14-8-5-6-11(10(7-8)12(17)18)16-13(19)15-9-3-1-2-4-9/h5-7,9H,1-4H2,(H,17,18)(H2,15,16,19). The topological polar surface area (TPSA) is 78.4 Å². The van der Waals surface area contributed by atoms with Gasteiger partial charge in [0.25, 0.3) is 0 Å². The Kier molecular flexibility index (Phi) is 4.62. The fourth-order valence-corrected chi connectivity index (χ4v) is 2.71. The molecule has 0 unspecified atom stereocenters. The number of amides is 2. The molecule has 1 aliphatic rings. The number of halogens is 1. The number of carbonyl (C=O) groups excluding carboxylic acids is 1. The summed E-state index contributed by atoms with van der Waals surface area (Å²) in [5.41, 5.74) is 0.428. The van der Waals surface area contributed by atoms with Crippen LogP contribution >= 0.6 is 22.6 Å². The zero-order valence-corrected chi connectivity index (χ0v) is 12.4. The first-order valence-electron chi connectivity index (χ1n) is 6.16. The number of aromatic carboxylic acids is 1. The van der Waals surface area contributed by atoms with Gasteiger partial charge in [-0.2, -0.15) is 0 Å². The van der Waals surface area contributed by atoms with E-state index < -0.39 is 5.97 Å². The predicted octanol–water partition coefficient (Wildman–Crippen LogP) is 3.05. The van der Waals surface area contributed by atoms with Crippen LogP contribution in [0.2, 0.25) is 0 Å². The summed E-state index contributed by atoms with van der Waals surface area (Å²) in [6, 6.07) is 4.78. The SMILES string of the molecule is O=C(Nc1ccc(I)cc1C(=O)O)NC1CCCC1. The van der Waals surface area contributed by atoms with Crippen molar-refractivity contribution in [2.24, 2.45) is 0 Å². The molecule has 6 heteroatoms. The van der Waals surface area contributed by atoms with Crippen LogP contribution in [-0.2, 0) is 0 Å². The van der Waals surface area contributed by atoms with Crippen molar-refractivity contribution in [2.45, 2.75) is 31.7 Å². The van der Waals surface area contributed by atoms with E-state index in [1.54, 1.807) is 12.1 Å². The number of nitrogens with one attached hydrogen (secondary N) is 2. The van der Waals surface area contributed by atoms with E-state index in [2.05, 4.69) is 10.6 Å². The van der Waals surface area contributed by atoms with Gasteiger partial charge in [-0.3, -0.25) is 0 Å². The molecule has 1 saturated carbocycles. The van der Waals surface area contributed by atoms with E-state index in [0.29, 0.717) is 5.69 Å². The average Bonchev–Trinajstić information content (AvgIpc) is 2.83. The molecule has 5 nitrogen and oxygen atoms in total. The van der Waals surface area contributed by atoms with Crippen LogP contribution < -0.4 is 10.6 Å². The first kappa shape index (κ1) is 14.1. The zero-order valence-electron chi connectivity index (χ0n) is 10.3. The molecule has 1 aromatic rings. The predicted molar refractivity (Wildman–Crippen MR) is 80.5 cm³/mol. The van der Waals surface area contributed by atoms with E-state index >= 15 is 0 Å². The van der Waals surface area contributed by atoms with Gasteiger partial charge in [0, 0.05) is 9.61 Å². The van der Waals surface area contributed by atoms with Gasteiger partial charge in [-0.1, -0.05) is 12.8 Å². The lowest BCUT2D eigenvalue weighted by molar-refractivity contribution is 0.0698. The molecule has 2 rings (SSSR count). The molecule has 102 valence electrons. The minimum absolute atomic E-state index is 0.105. The second kappa shape index (κ2) is 6.23. The molecular formula is C13H15IN2O3. The van der Waals surface area contributed by atoms with Crippen molar-refractivity contribution in [3.05, 3.63) is 27.3 Å². The normalized spacial score (nSPS) is 15.2. The van der Waals surface area contributed by atoms with Gasteiger partial charge in [-0.05, 0) is 53.6 Å². The second-order valence-corrected chi connectivity index (χ2v) is 5.82. The van der Waals surface area contributed by atoms with Gasteiger partial charge >= 0.3 is 12.0 Å². The third-order valence-corrected chi connectivity index (χ3v) is 3.82. The summed E-state index contributed by atoms with van der Waals surface area (Å²) in [5, 5.41) is 14.6. The Bertz CT molecular complexity index is 499. The van der Waals surface area contributed by atoms with Crippen molar-refractivity contribution < 1.29 is 14.7 Å². The van der Waals surface area contributed by atoms with Gasteiger partial charge in [0.15, 0.2) is 0 Å². The van der Waals surface area contributed by atoms with Crippen LogP contribution in [0.15, 0.2) is 18.2 Å². The number of carboxylic acids is 1. The number of benzene rings is 1. The molecule has 19 heavy (non-hydrogen) atoms. The van der Waals surface area contributed by atoms with E-state index in [1.165, 1.54) is 6.07 Å². The zero-order chi connectivity index (χ0) is 13.8. The first-order chi connectivity index (χ1) is 9.06. The highest BCUT2D eigenvalue weighted by atomic mass is 127. The van der Waals surface area contributed by atoms with E-state index in [1.807, 2.05) is 22.6 Å². The van der Waals surface area contributed by atoms with E-state index in [0.717, 1.165) is 29.3 Å². The monoisotopic (exact) mass is 374 g/mol. The fraction of sp³-hybridized carbons (Fsp3) is 0.385. The van der Waals surface area contributed by atoms with Crippen molar-refractivity contribution in [2.75, 3.05) is 5.32 Å². The number of rotatable bonds is 3. The van der Waals surface area contributed by atoms with Gasteiger partial charge < -0.3 is 15.7 Å². The molecule has 2 amide bonds. The van der Waals surface area contributed by atoms with Crippen LogP contribution in [0.5, 0.6) is 0 Å². The van der Waals surface area contributed by atoms with E-state index in [9.17, 15) is 9.59 Å². The van der Waals surface area contributed by atoms with Gasteiger partial charge in [0.1, 0.15) is 0 Å². The lowest BCUT2D eigenvalue weighted by atomic mass is 10.2. The summed E-state index contributed by atoms with van der Waals surface area (Å²) in [6.45, 7) is 0. The Labute approximate surface area is 124 Å². The van der Waals surface area contributed by atoms with Crippen LogP contribution in [0.4, 0.5) is 10.5 Å². The van der Waals surface area contributed by atoms with Crippen molar-refractivity contribution in [1.29, 1.82) is 0 Å². The number of carboxylic acid groups (broad SMARTS) is 1. The van der Waals surface area contributed by atoms with E-state index in [4.69, 9.17) is 5.11 Å². The number of carbonyl (C=O) groups is 2. The van der Waals surface area contributed by atoms with Crippen LogP contribution in [0.1, 0.15) is 36.0 Å². The summed E-state index contributed by atoms with van der Waals surface area (Å²) >= 11 is 2.04. The summed E-state index contributed by atoms with van der Waals surface area (Å²) in [7, 11) is 0. The molecule has 0 heterocycles. The maximum atomic E-state index is 11.8. The molecule has 0 aromatic heterocycles. The molecule has 1 fully saturated rings. The Hall–Kier alpha value is -1.31. The Morgan fingerprint density at radius 1 is 1.26 bits per heavy atom. The van der Waals surface area contributed by atoms with Gasteiger partial charge in [0.05, 0.1) is 11.3 Å². The Morgan fingerprint density at radius 3 is 2.58 bits per heavy atom. The molecule has 1 aliphatic carbocycles. The molecular weight excluding hydrogens is 359 g/mol. The van der Waals surface area contributed by atoms with Crippen molar-refractivity contribution in [3.8, 4) is 0 Å². The van der Waals surface area contributed by atoms with Crippen molar-refractivity contribution in [3.63, 3.8) is 0 Å². The van der Waals surface area contributed by atoms with Crippen LogP contribution in [-0.4, -0.2) is 23.1 Å². The Balaban J connectivity index is 2.05. The minimum atomic E-state index is -1.05. The fourth-order valence-electron chi connectivity index (χ4n) is 2.22. The number of hydrogen-bond donors (Lipinski definition) is 3. The maximum Gasteiger partial charge on any atom is 0.337 e. The number of urea groups is 1. The number of hydrogen-bond acceptors (Lipinski definition) is 2. The van der Waals surface area contributed by atoms with Crippen molar-refractivity contribution in [1.82, 2.24) is 5.32 Å². The van der Waals surface area contributed by atoms with Crippen LogP contribution in [0, 0.1) is 3.57 Å². The number of anilines is 1. The Morgan fingerprint density at radius 2 is 1.95 bits per heavy atom. The van der Waals surface area contributed by atoms with Crippen LogP contribution in [0.3, 0.4) is 0 Å². The largest absolute Gasteiger partial charge is 0.478 e. The molecule has 3 N–H and O–H groups in total. The highest BCUT2D eigenvalue weighted by molar-refractivity contribution is 14.1. The lowest BCUT2D eigenvalue weighted by Crippen LogP contribution is -2.36. The van der Waals surface area contributed by atoms with Gasteiger partial charge in [-0.25, -0.2) is 9.59 Å². The molecule has 0 bridgehead atoms. The quantitative estimate of drug-likeness (QED) is 0.712. The average molecular weight is 374 g/mol. The summed E-state index contributed by atoms with van der Waals surface area (Å²) in [6.07, 6.45) is 4.25. The third-order valence-electron chi connectivity index (χ3n) is 3.15. The third kappa shape index (κ3) is 3.82.